The topological polar surface area (TPSA) is 21.3 Å². The molecule has 0 amide bonds. The van der Waals surface area contributed by atoms with Crippen LogP contribution >= 0.6 is 23.2 Å². The molecule has 2 rings (SSSR count). The van der Waals surface area contributed by atoms with Crippen molar-refractivity contribution in [1.82, 2.24) is 0 Å². The first-order valence-electron chi connectivity index (χ1n) is 6.43. The van der Waals surface area contributed by atoms with Gasteiger partial charge in [0.05, 0.1) is 17.2 Å². The van der Waals surface area contributed by atoms with Crippen molar-refractivity contribution in [2.75, 3.05) is 12.4 Å². The molecule has 0 spiro atoms. The number of ether oxygens (including phenoxy) is 1. The molecule has 0 aliphatic rings. The van der Waals surface area contributed by atoms with Crippen molar-refractivity contribution >= 4 is 28.9 Å². The summed E-state index contributed by atoms with van der Waals surface area (Å²) in [5.41, 5.74) is 2.23. The Kier molecular flexibility index (Phi) is 5.16. The maximum absolute atomic E-state index is 6.01. The molecule has 1 N–H and O–H groups in total. The third-order valence-corrected chi connectivity index (χ3v) is 3.77. The summed E-state index contributed by atoms with van der Waals surface area (Å²) in [6.45, 7) is 2.13. The molecular formula is C16H17Cl2NO. The Bertz CT molecular complexity index is 569. The third kappa shape index (κ3) is 4.06. The molecule has 2 aromatic carbocycles. The summed E-state index contributed by atoms with van der Waals surface area (Å²) >= 11 is 11.9. The molecule has 1 atom stereocenters. The van der Waals surface area contributed by atoms with E-state index in [1.807, 2.05) is 24.3 Å². The molecule has 0 aliphatic carbocycles. The van der Waals surface area contributed by atoms with Crippen LogP contribution in [0.1, 0.15) is 12.5 Å². The first-order valence-corrected chi connectivity index (χ1v) is 7.18. The highest BCUT2D eigenvalue weighted by atomic mass is 35.5. The Balaban J connectivity index is 1.97. The smallest absolute Gasteiger partial charge is 0.118 e. The summed E-state index contributed by atoms with van der Waals surface area (Å²) in [5.74, 6) is 0.874. The number of anilines is 1. The van der Waals surface area contributed by atoms with Crippen LogP contribution in [0.25, 0.3) is 0 Å². The van der Waals surface area contributed by atoms with Crippen molar-refractivity contribution in [3.05, 3.63) is 58.1 Å². The van der Waals surface area contributed by atoms with E-state index in [1.165, 1.54) is 5.56 Å². The van der Waals surface area contributed by atoms with E-state index in [0.717, 1.165) is 17.9 Å². The van der Waals surface area contributed by atoms with Crippen LogP contribution in [0.5, 0.6) is 5.75 Å². The standard InChI is InChI=1S/C16H17Cl2NO/c1-11(9-12-3-6-14(20-2)7-4-12)19-13-5-8-15(17)16(18)10-13/h3-8,10-11,19H,9H2,1-2H3. The lowest BCUT2D eigenvalue weighted by Gasteiger charge is -2.16. The molecule has 4 heteroatoms. The number of nitrogens with one attached hydrogen (secondary N) is 1. The van der Waals surface area contributed by atoms with Gasteiger partial charge in [-0.05, 0) is 49.2 Å². The van der Waals surface area contributed by atoms with Gasteiger partial charge in [0.15, 0.2) is 0 Å². The molecule has 0 heterocycles. The largest absolute Gasteiger partial charge is 0.497 e. The second kappa shape index (κ2) is 6.87. The van der Waals surface area contributed by atoms with E-state index in [2.05, 4.69) is 24.4 Å². The van der Waals surface area contributed by atoms with Gasteiger partial charge in [-0.1, -0.05) is 35.3 Å². The zero-order valence-electron chi connectivity index (χ0n) is 11.5. The minimum atomic E-state index is 0.292. The van der Waals surface area contributed by atoms with Gasteiger partial charge in [-0.25, -0.2) is 0 Å². The van der Waals surface area contributed by atoms with Crippen molar-refractivity contribution in [2.45, 2.75) is 19.4 Å². The molecule has 0 radical (unpaired) electrons. The summed E-state index contributed by atoms with van der Waals surface area (Å²) in [4.78, 5) is 0. The lowest BCUT2D eigenvalue weighted by atomic mass is 10.1. The number of halogens is 2. The summed E-state index contributed by atoms with van der Waals surface area (Å²) in [6, 6.07) is 14.0. The zero-order chi connectivity index (χ0) is 14.5. The predicted octanol–water partition coefficient (Wildman–Crippen LogP) is 5.05. The number of methoxy groups -OCH3 is 1. The van der Waals surface area contributed by atoms with Gasteiger partial charge in [0.1, 0.15) is 5.75 Å². The number of hydrogen-bond acceptors (Lipinski definition) is 2. The van der Waals surface area contributed by atoms with E-state index < -0.39 is 0 Å². The van der Waals surface area contributed by atoms with E-state index in [-0.39, 0.29) is 0 Å². The van der Waals surface area contributed by atoms with E-state index >= 15 is 0 Å². The lowest BCUT2D eigenvalue weighted by Crippen LogP contribution is -2.17. The summed E-state index contributed by atoms with van der Waals surface area (Å²) in [7, 11) is 1.67. The predicted molar refractivity (Wildman–Crippen MR) is 86.2 cm³/mol. The molecule has 106 valence electrons. The quantitative estimate of drug-likeness (QED) is 0.835. The second-order valence-electron chi connectivity index (χ2n) is 4.73. The molecule has 0 aliphatic heterocycles. The van der Waals surface area contributed by atoms with Crippen LogP contribution in [-0.2, 0) is 6.42 Å². The Morgan fingerprint density at radius 3 is 2.35 bits per heavy atom. The molecule has 1 unspecified atom stereocenters. The summed E-state index contributed by atoms with van der Waals surface area (Å²) < 4.78 is 5.15. The van der Waals surface area contributed by atoms with E-state index in [9.17, 15) is 0 Å². The fourth-order valence-corrected chi connectivity index (χ4v) is 2.33. The lowest BCUT2D eigenvalue weighted by molar-refractivity contribution is 0.414. The van der Waals surface area contributed by atoms with Crippen LogP contribution < -0.4 is 10.1 Å². The monoisotopic (exact) mass is 309 g/mol. The first-order chi connectivity index (χ1) is 9.58. The van der Waals surface area contributed by atoms with E-state index in [0.29, 0.717) is 16.1 Å². The Morgan fingerprint density at radius 2 is 1.75 bits per heavy atom. The Labute approximate surface area is 129 Å². The minimum absolute atomic E-state index is 0.292. The van der Waals surface area contributed by atoms with Gasteiger partial charge in [-0.2, -0.15) is 0 Å². The van der Waals surface area contributed by atoms with Crippen molar-refractivity contribution in [3.8, 4) is 5.75 Å². The Morgan fingerprint density at radius 1 is 1.05 bits per heavy atom. The van der Waals surface area contributed by atoms with Crippen LogP contribution in [0.4, 0.5) is 5.69 Å². The third-order valence-electron chi connectivity index (χ3n) is 3.03. The molecule has 0 fully saturated rings. The van der Waals surface area contributed by atoms with Crippen LogP contribution in [0.3, 0.4) is 0 Å². The number of benzene rings is 2. The number of rotatable bonds is 5. The van der Waals surface area contributed by atoms with Gasteiger partial charge in [-0.15, -0.1) is 0 Å². The van der Waals surface area contributed by atoms with Crippen molar-refractivity contribution in [3.63, 3.8) is 0 Å². The highest BCUT2D eigenvalue weighted by Crippen LogP contribution is 2.25. The molecule has 0 saturated carbocycles. The number of hydrogen-bond donors (Lipinski definition) is 1. The molecule has 0 saturated heterocycles. The first kappa shape index (κ1) is 15.0. The average Bonchev–Trinajstić information content (AvgIpc) is 2.44. The van der Waals surface area contributed by atoms with Crippen LogP contribution in [0.15, 0.2) is 42.5 Å². The van der Waals surface area contributed by atoms with Gasteiger partial charge >= 0.3 is 0 Å². The Hall–Kier alpha value is -1.38. The highest BCUT2D eigenvalue weighted by molar-refractivity contribution is 6.42. The minimum Gasteiger partial charge on any atom is -0.497 e. The van der Waals surface area contributed by atoms with E-state index in [1.54, 1.807) is 13.2 Å². The van der Waals surface area contributed by atoms with Crippen LogP contribution in [-0.4, -0.2) is 13.2 Å². The van der Waals surface area contributed by atoms with Gasteiger partial charge in [0.25, 0.3) is 0 Å². The maximum atomic E-state index is 6.01. The zero-order valence-corrected chi connectivity index (χ0v) is 13.0. The molecule has 2 nitrogen and oxygen atoms in total. The van der Waals surface area contributed by atoms with Crippen molar-refractivity contribution in [1.29, 1.82) is 0 Å². The van der Waals surface area contributed by atoms with Crippen molar-refractivity contribution < 1.29 is 4.74 Å². The molecular weight excluding hydrogens is 293 g/mol. The fourth-order valence-electron chi connectivity index (χ4n) is 2.04. The van der Waals surface area contributed by atoms with Crippen LogP contribution in [0, 0.1) is 0 Å². The highest BCUT2D eigenvalue weighted by Gasteiger charge is 2.05. The summed E-state index contributed by atoms with van der Waals surface area (Å²) in [5, 5.41) is 4.55. The fraction of sp³-hybridized carbons (Fsp3) is 0.250. The molecule has 2 aromatic rings. The average molecular weight is 310 g/mol. The van der Waals surface area contributed by atoms with Gasteiger partial charge < -0.3 is 10.1 Å². The molecule has 0 bridgehead atoms. The van der Waals surface area contributed by atoms with Gasteiger partial charge in [-0.3, -0.25) is 0 Å². The summed E-state index contributed by atoms with van der Waals surface area (Å²) in [6.07, 6.45) is 0.921. The second-order valence-corrected chi connectivity index (χ2v) is 5.54. The molecule has 20 heavy (non-hydrogen) atoms. The maximum Gasteiger partial charge on any atom is 0.118 e. The van der Waals surface area contributed by atoms with Crippen LogP contribution in [0.2, 0.25) is 10.0 Å². The van der Waals surface area contributed by atoms with Gasteiger partial charge in [0, 0.05) is 11.7 Å². The molecule has 0 aromatic heterocycles. The van der Waals surface area contributed by atoms with E-state index in [4.69, 9.17) is 27.9 Å². The van der Waals surface area contributed by atoms with Gasteiger partial charge in [0.2, 0.25) is 0 Å². The normalized spacial score (nSPS) is 12.0. The SMILES string of the molecule is COc1ccc(CC(C)Nc2ccc(Cl)c(Cl)c2)cc1. The van der Waals surface area contributed by atoms with Crippen molar-refractivity contribution in [2.24, 2.45) is 0 Å².